The van der Waals surface area contributed by atoms with Crippen molar-refractivity contribution in [3.8, 4) is 5.75 Å². The van der Waals surface area contributed by atoms with E-state index in [2.05, 4.69) is 22.0 Å². The number of nitrogens with zero attached hydrogens (tertiary/aromatic N) is 2. The van der Waals surface area contributed by atoms with Gasteiger partial charge in [-0.2, -0.15) is 0 Å². The molecular formula is C18H25N3O2. The van der Waals surface area contributed by atoms with Crippen molar-refractivity contribution in [3.05, 3.63) is 48.0 Å². The Morgan fingerprint density at radius 2 is 2.04 bits per heavy atom. The standard InChI is InChI=1S/C18H25N3O2/c1-2-3-4-7-18(21-22)15-8-10-17(11-9-15)23-12-5-6-16-13-19-14-20-16/h8-11,13-14,22H,2-7,12H2,1H3,(H,19,20)/b21-18-. The fraction of sp³-hybridized carbons (Fsp3) is 0.444. The molecule has 0 fully saturated rings. The van der Waals surface area contributed by atoms with Crippen molar-refractivity contribution in [1.82, 2.24) is 9.97 Å². The third-order valence-electron chi connectivity index (χ3n) is 3.74. The number of unbranched alkanes of at least 4 members (excludes halogenated alkanes) is 2. The predicted octanol–water partition coefficient (Wildman–Crippen LogP) is 4.18. The number of hydrogen-bond donors (Lipinski definition) is 2. The van der Waals surface area contributed by atoms with Gasteiger partial charge in [0.15, 0.2) is 0 Å². The van der Waals surface area contributed by atoms with Gasteiger partial charge in [0.2, 0.25) is 0 Å². The zero-order chi connectivity index (χ0) is 16.3. The molecular weight excluding hydrogens is 290 g/mol. The molecule has 0 amide bonds. The quantitative estimate of drug-likeness (QED) is 0.299. The van der Waals surface area contributed by atoms with E-state index in [-0.39, 0.29) is 0 Å². The number of benzene rings is 1. The number of aromatic amines is 1. The molecule has 0 spiro atoms. The highest BCUT2D eigenvalue weighted by molar-refractivity contribution is 6.00. The highest BCUT2D eigenvalue weighted by atomic mass is 16.5. The van der Waals surface area contributed by atoms with Gasteiger partial charge in [-0.15, -0.1) is 0 Å². The Morgan fingerprint density at radius 1 is 1.22 bits per heavy atom. The van der Waals surface area contributed by atoms with Crippen molar-refractivity contribution >= 4 is 5.71 Å². The van der Waals surface area contributed by atoms with E-state index in [0.29, 0.717) is 6.61 Å². The molecule has 2 rings (SSSR count). The Kier molecular flexibility index (Phi) is 7.17. The summed E-state index contributed by atoms with van der Waals surface area (Å²) in [6.45, 7) is 2.82. The van der Waals surface area contributed by atoms with Crippen LogP contribution >= 0.6 is 0 Å². The zero-order valence-electron chi connectivity index (χ0n) is 13.7. The summed E-state index contributed by atoms with van der Waals surface area (Å²) in [6.07, 6.45) is 9.54. The van der Waals surface area contributed by atoms with Gasteiger partial charge in [0.25, 0.3) is 0 Å². The molecule has 23 heavy (non-hydrogen) atoms. The summed E-state index contributed by atoms with van der Waals surface area (Å²) < 4.78 is 5.73. The molecule has 0 aliphatic rings. The number of ether oxygens (including phenoxy) is 1. The van der Waals surface area contributed by atoms with Crippen molar-refractivity contribution in [3.63, 3.8) is 0 Å². The fourth-order valence-electron chi connectivity index (χ4n) is 2.41. The summed E-state index contributed by atoms with van der Waals surface area (Å²) in [4.78, 5) is 7.07. The van der Waals surface area contributed by atoms with Gasteiger partial charge in [0, 0.05) is 11.9 Å². The third-order valence-corrected chi connectivity index (χ3v) is 3.74. The van der Waals surface area contributed by atoms with Crippen LogP contribution in [-0.4, -0.2) is 27.5 Å². The molecule has 5 nitrogen and oxygen atoms in total. The Labute approximate surface area is 137 Å². The van der Waals surface area contributed by atoms with E-state index < -0.39 is 0 Å². The van der Waals surface area contributed by atoms with Crippen LogP contribution in [0.2, 0.25) is 0 Å². The highest BCUT2D eigenvalue weighted by Gasteiger charge is 2.05. The molecule has 1 aromatic heterocycles. The summed E-state index contributed by atoms with van der Waals surface area (Å²) in [6, 6.07) is 7.75. The molecule has 0 bridgehead atoms. The predicted molar refractivity (Wildman–Crippen MR) is 91.3 cm³/mol. The number of rotatable bonds is 10. The Balaban J connectivity index is 1.76. The molecule has 0 aliphatic carbocycles. The summed E-state index contributed by atoms with van der Waals surface area (Å²) in [5.41, 5.74) is 2.82. The van der Waals surface area contributed by atoms with E-state index in [1.54, 1.807) is 6.33 Å². The fourth-order valence-corrected chi connectivity index (χ4v) is 2.41. The second-order valence-electron chi connectivity index (χ2n) is 5.56. The monoisotopic (exact) mass is 315 g/mol. The van der Waals surface area contributed by atoms with E-state index in [1.165, 1.54) is 0 Å². The Morgan fingerprint density at radius 3 is 2.70 bits per heavy atom. The molecule has 0 unspecified atom stereocenters. The van der Waals surface area contributed by atoms with E-state index in [4.69, 9.17) is 9.94 Å². The molecule has 5 heteroatoms. The summed E-state index contributed by atoms with van der Waals surface area (Å²) in [5.74, 6) is 0.837. The minimum Gasteiger partial charge on any atom is -0.494 e. The van der Waals surface area contributed by atoms with Crippen molar-refractivity contribution in [2.45, 2.75) is 45.4 Å². The Hall–Kier alpha value is -2.30. The van der Waals surface area contributed by atoms with Crippen LogP contribution in [0.15, 0.2) is 41.9 Å². The number of oxime groups is 1. The first-order valence-electron chi connectivity index (χ1n) is 8.25. The highest BCUT2D eigenvalue weighted by Crippen LogP contribution is 2.16. The van der Waals surface area contributed by atoms with Gasteiger partial charge in [-0.05, 0) is 55.5 Å². The summed E-state index contributed by atoms with van der Waals surface area (Å²) in [7, 11) is 0. The Bertz CT molecular complexity index is 577. The summed E-state index contributed by atoms with van der Waals surface area (Å²) in [5, 5.41) is 12.6. The third kappa shape index (κ3) is 5.77. The van der Waals surface area contributed by atoms with E-state index >= 15 is 0 Å². The summed E-state index contributed by atoms with van der Waals surface area (Å²) >= 11 is 0. The van der Waals surface area contributed by atoms with Gasteiger partial charge >= 0.3 is 0 Å². The second-order valence-corrected chi connectivity index (χ2v) is 5.56. The molecule has 1 aromatic carbocycles. The van der Waals surface area contributed by atoms with Crippen LogP contribution in [-0.2, 0) is 6.42 Å². The van der Waals surface area contributed by atoms with Crippen molar-refractivity contribution < 1.29 is 9.94 Å². The van der Waals surface area contributed by atoms with Crippen LogP contribution in [0.25, 0.3) is 0 Å². The number of aryl methyl sites for hydroxylation is 1. The van der Waals surface area contributed by atoms with Gasteiger partial charge in [-0.25, -0.2) is 4.98 Å². The average molecular weight is 315 g/mol. The van der Waals surface area contributed by atoms with Crippen LogP contribution < -0.4 is 4.74 Å². The number of hydrogen-bond acceptors (Lipinski definition) is 4. The lowest BCUT2D eigenvalue weighted by Gasteiger charge is -2.08. The molecule has 0 aliphatic heterocycles. The van der Waals surface area contributed by atoms with Crippen LogP contribution in [0.5, 0.6) is 5.75 Å². The van der Waals surface area contributed by atoms with E-state index in [1.807, 2.05) is 30.5 Å². The van der Waals surface area contributed by atoms with Gasteiger partial charge in [-0.1, -0.05) is 24.9 Å². The first-order valence-corrected chi connectivity index (χ1v) is 8.25. The van der Waals surface area contributed by atoms with Crippen LogP contribution in [0.4, 0.5) is 0 Å². The van der Waals surface area contributed by atoms with Crippen LogP contribution in [0.3, 0.4) is 0 Å². The van der Waals surface area contributed by atoms with Crippen molar-refractivity contribution in [2.75, 3.05) is 6.61 Å². The van der Waals surface area contributed by atoms with Crippen molar-refractivity contribution in [2.24, 2.45) is 5.16 Å². The molecule has 2 aromatic rings. The maximum absolute atomic E-state index is 9.16. The number of imidazole rings is 1. The average Bonchev–Trinajstić information content (AvgIpc) is 3.10. The molecule has 0 saturated heterocycles. The van der Waals surface area contributed by atoms with Gasteiger partial charge in [0.1, 0.15) is 5.75 Å². The van der Waals surface area contributed by atoms with E-state index in [9.17, 15) is 0 Å². The smallest absolute Gasteiger partial charge is 0.119 e. The molecule has 0 radical (unpaired) electrons. The maximum atomic E-state index is 9.16. The number of nitrogens with one attached hydrogen (secondary N) is 1. The first-order chi connectivity index (χ1) is 11.3. The number of aromatic nitrogens is 2. The lowest BCUT2D eigenvalue weighted by molar-refractivity contribution is 0.310. The van der Waals surface area contributed by atoms with Gasteiger partial charge < -0.3 is 14.9 Å². The zero-order valence-corrected chi connectivity index (χ0v) is 13.7. The topological polar surface area (TPSA) is 70.5 Å². The lowest BCUT2D eigenvalue weighted by Crippen LogP contribution is -2.02. The minimum absolute atomic E-state index is 0.663. The molecule has 0 atom stereocenters. The molecule has 124 valence electrons. The normalized spacial score (nSPS) is 11.6. The largest absolute Gasteiger partial charge is 0.494 e. The second kappa shape index (κ2) is 9.66. The van der Waals surface area contributed by atoms with Gasteiger partial charge in [0.05, 0.1) is 18.6 Å². The maximum Gasteiger partial charge on any atom is 0.119 e. The minimum atomic E-state index is 0.663. The van der Waals surface area contributed by atoms with Crippen LogP contribution in [0.1, 0.15) is 50.3 Å². The molecule has 2 N–H and O–H groups in total. The van der Waals surface area contributed by atoms with Crippen molar-refractivity contribution in [1.29, 1.82) is 0 Å². The van der Waals surface area contributed by atoms with Crippen LogP contribution in [0, 0.1) is 0 Å². The SMILES string of the molecule is CCCCC/C(=N/O)c1ccc(OCCCc2cnc[nH]2)cc1. The lowest BCUT2D eigenvalue weighted by atomic mass is 10.0. The van der Waals surface area contributed by atoms with E-state index in [0.717, 1.165) is 61.2 Å². The number of H-pyrrole nitrogens is 1. The molecule has 1 heterocycles. The molecule has 0 saturated carbocycles. The first kappa shape index (κ1) is 17.1. The van der Waals surface area contributed by atoms with Gasteiger partial charge in [-0.3, -0.25) is 0 Å².